The van der Waals surface area contributed by atoms with Crippen molar-refractivity contribution in [1.29, 1.82) is 0 Å². The summed E-state index contributed by atoms with van der Waals surface area (Å²) in [4.78, 5) is 7.21. The van der Waals surface area contributed by atoms with E-state index in [1.165, 1.54) is 0 Å². The van der Waals surface area contributed by atoms with E-state index in [4.69, 9.17) is 41.2 Å². The van der Waals surface area contributed by atoms with E-state index in [2.05, 4.69) is 9.69 Å². The topological polar surface area (TPSA) is 44.2 Å². The molecule has 0 radical (unpaired) electrons. The summed E-state index contributed by atoms with van der Waals surface area (Å²) in [6.45, 7) is 26.5. The van der Waals surface area contributed by atoms with Crippen LogP contribution in [0.15, 0.2) is 30.3 Å². The molecule has 9 heteroatoms. The van der Waals surface area contributed by atoms with Crippen molar-refractivity contribution in [3.63, 3.8) is 0 Å². The maximum absolute atomic E-state index is 13.5. The molecule has 0 aliphatic rings. The van der Waals surface area contributed by atoms with Crippen LogP contribution in [-0.4, -0.2) is 25.3 Å². The van der Waals surface area contributed by atoms with Gasteiger partial charge >= 0.3 is 42.6 Å². The van der Waals surface area contributed by atoms with Crippen molar-refractivity contribution in [2.24, 2.45) is 10.8 Å². The molecule has 1 aromatic rings. The van der Waals surface area contributed by atoms with Crippen LogP contribution in [0.5, 0.6) is 0 Å². The number of hydrogen-bond acceptors (Lipinski definition) is 3. The van der Waals surface area contributed by atoms with Gasteiger partial charge in [-0.25, -0.2) is 13.1 Å². The molecule has 0 saturated carbocycles. The quantitative estimate of drug-likeness (QED) is 0.218. The van der Waals surface area contributed by atoms with Crippen molar-refractivity contribution in [2.75, 3.05) is 13.2 Å². The summed E-state index contributed by atoms with van der Waals surface area (Å²) in [7, 11) is 6.00. The minimum atomic E-state index is -3.63. The maximum atomic E-state index is 13.5. The van der Waals surface area contributed by atoms with E-state index in [0.717, 1.165) is 0 Å². The van der Waals surface area contributed by atoms with Crippen molar-refractivity contribution >= 4 is 32.0 Å². The molecular weight excluding hydrogens is 525 g/mol. The first-order chi connectivity index (χ1) is 13.4. The molecule has 1 rings (SSSR count). The Hall–Kier alpha value is -0.408. The predicted molar refractivity (Wildman–Crippen MR) is 117 cm³/mol. The Morgan fingerprint density at radius 3 is 1.55 bits per heavy atom. The van der Waals surface area contributed by atoms with E-state index in [9.17, 15) is 4.57 Å². The van der Waals surface area contributed by atoms with Gasteiger partial charge < -0.3 is 9.69 Å². The standard InChI is InChI=1S/C20H29N2O3P.2ClH.Pd/c1-19(2,3)17(21-7)14-24-26(23,16-12-10-9-11-13-16)25-15-18(22-8)20(4,5)6;;;/h9-13,17-18H,14-15H2,1-6H3;2*1H;/q;;;+2/p-2/t17-,18-;;;/m1.../s1. The first kappa shape index (κ1) is 28.6. The van der Waals surface area contributed by atoms with Gasteiger partial charge in [0.1, 0.15) is 13.2 Å². The van der Waals surface area contributed by atoms with Gasteiger partial charge in [0.25, 0.3) is 12.1 Å². The molecule has 5 nitrogen and oxygen atoms in total. The van der Waals surface area contributed by atoms with Crippen molar-refractivity contribution in [3.05, 3.63) is 53.2 Å². The van der Waals surface area contributed by atoms with Crippen LogP contribution < -0.4 is 5.30 Å². The van der Waals surface area contributed by atoms with Gasteiger partial charge in [-0.15, -0.1) is 0 Å². The Bertz CT molecular complexity index is 697. The second-order valence-electron chi connectivity index (χ2n) is 8.49. The average molecular weight is 554 g/mol. The van der Waals surface area contributed by atoms with E-state index >= 15 is 0 Å². The molecule has 0 aromatic heterocycles. The molecule has 0 amide bonds. The Kier molecular flexibility index (Phi) is 12.9. The van der Waals surface area contributed by atoms with Gasteiger partial charge in [-0.3, -0.25) is 13.6 Å². The zero-order valence-electron chi connectivity index (χ0n) is 17.6. The third-order valence-corrected chi connectivity index (χ3v) is 6.10. The molecule has 0 heterocycles. The first-order valence-corrected chi connectivity index (χ1v) is 14.4. The van der Waals surface area contributed by atoms with Gasteiger partial charge in [0.05, 0.1) is 5.30 Å². The monoisotopic (exact) mass is 552 g/mol. The molecule has 0 bridgehead atoms. The Labute approximate surface area is 191 Å². The van der Waals surface area contributed by atoms with Crippen LogP contribution in [0.1, 0.15) is 41.5 Å². The summed E-state index contributed by atoms with van der Waals surface area (Å²) in [6.07, 6.45) is 0. The van der Waals surface area contributed by atoms with E-state index in [1.807, 2.05) is 47.6 Å². The number of halogens is 2. The van der Waals surface area contributed by atoms with Gasteiger partial charge in [-0.2, -0.15) is 0 Å². The molecule has 0 saturated heterocycles. The molecule has 0 N–H and O–H groups in total. The summed E-state index contributed by atoms with van der Waals surface area (Å²) in [5, 5.41) is 0.440. The van der Waals surface area contributed by atoms with Crippen LogP contribution in [-0.2, 0) is 29.6 Å². The number of hydrogen-bond donors (Lipinski definition) is 0. The fourth-order valence-corrected chi connectivity index (χ4v) is 3.68. The van der Waals surface area contributed by atoms with Gasteiger partial charge in [0, 0.05) is 10.8 Å². The Morgan fingerprint density at radius 1 is 0.931 bits per heavy atom. The molecule has 0 aliphatic heterocycles. The minimum absolute atomic E-state index is 0.0113. The van der Waals surface area contributed by atoms with Gasteiger partial charge in [0.15, 0.2) is 0 Å². The summed E-state index contributed by atoms with van der Waals surface area (Å²) in [5.74, 6) is 0. The molecular formula is C20H29Cl2N2O3PPd. The Morgan fingerprint density at radius 2 is 1.28 bits per heavy atom. The molecule has 1 aromatic carbocycles. The van der Waals surface area contributed by atoms with Gasteiger partial charge in [0.2, 0.25) is 0 Å². The summed E-state index contributed by atoms with van der Waals surface area (Å²) in [5.41, 5.74) is -0.596. The van der Waals surface area contributed by atoms with Crippen molar-refractivity contribution < 1.29 is 29.6 Å². The van der Waals surface area contributed by atoms with Crippen LogP contribution in [0, 0.1) is 24.0 Å². The number of benzene rings is 1. The molecule has 0 fully saturated rings. The molecule has 0 aliphatic carbocycles. The molecule has 166 valence electrons. The third kappa shape index (κ3) is 10.4. The van der Waals surface area contributed by atoms with E-state index < -0.39 is 19.7 Å². The van der Waals surface area contributed by atoms with Crippen LogP contribution in [0.3, 0.4) is 0 Å². The van der Waals surface area contributed by atoms with E-state index in [1.54, 1.807) is 24.3 Å². The molecule has 29 heavy (non-hydrogen) atoms. The fourth-order valence-electron chi connectivity index (χ4n) is 2.10. The number of rotatable bonds is 7. The van der Waals surface area contributed by atoms with Crippen LogP contribution in [0.2, 0.25) is 0 Å². The Balaban J connectivity index is 0.00000245. The SMILES string of the molecule is [C-]#[N+][C@H](COP(=O)(OC[C@@H]([N+]#[C-])C(C)(C)C)c1ccccc1)C(C)(C)C.[Cl][Pd][Cl]. The van der Waals surface area contributed by atoms with Crippen molar-refractivity contribution in [2.45, 2.75) is 53.6 Å². The summed E-state index contributed by atoms with van der Waals surface area (Å²) < 4.78 is 24.9. The van der Waals surface area contributed by atoms with Crippen LogP contribution >= 0.6 is 26.7 Å². The van der Waals surface area contributed by atoms with Gasteiger partial charge in [-0.1, -0.05) is 59.7 Å². The summed E-state index contributed by atoms with van der Waals surface area (Å²) >= 11 is -0.106. The second-order valence-corrected chi connectivity index (χ2v) is 12.9. The molecule has 2 atom stereocenters. The number of nitrogens with zero attached hydrogens (tertiary/aromatic N) is 2. The zero-order valence-corrected chi connectivity index (χ0v) is 21.6. The first-order valence-electron chi connectivity index (χ1n) is 8.86. The van der Waals surface area contributed by atoms with Crippen molar-refractivity contribution in [3.8, 4) is 0 Å². The van der Waals surface area contributed by atoms with Crippen LogP contribution in [0.25, 0.3) is 9.69 Å². The van der Waals surface area contributed by atoms with E-state index in [0.29, 0.717) is 5.30 Å². The fraction of sp³-hybridized carbons (Fsp3) is 0.600. The molecule has 0 spiro atoms. The van der Waals surface area contributed by atoms with Crippen molar-refractivity contribution in [1.82, 2.24) is 0 Å². The zero-order chi connectivity index (χ0) is 22.7. The van der Waals surface area contributed by atoms with Gasteiger partial charge in [-0.05, 0) is 12.1 Å². The summed E-state index contributed by atoms with van der Waals surface area (Å²) in [6, 6.07) is 7.84. The van der Waals surface area contributed by atoms with E-state index in [-0.39, 0.29) is 40.0 Å². The second kappa shape index (κ2) is 13.1. The molecule has 0 unspecified atom stereocenters. The average Bonchev–Trinajstić information content (AvgIpc) is 2.62. The third-order valence-electron chi connectivity index (χ3n) is 4.19. The predicted octanol–water partition coefficient (Wildman–Crippen LogP) is 6.58. The van der Waals surface area contributed by atoms with Crippen LogP contribution in [0.4, 0.5) is 0 Å². The normalized spacial score (nSPS) is 14.1.